The lowest BCUT2D eigenvalue weighted by atomic mass is 10.1. The van der Waals surface area contributed by atoms with Crippen LogP contribution in [-0.2, 0) is 15.0 Å². The van der Waals surface area contributed by atoms with E-state index >= 15 is 0 Å². The van der Waals surface area contributed by atoms with Crippen molar-refractivity contribution in [3.05, 3.63) is 24.5 Å². The molecule has 7 nitrogen and oxygen atoms in total. The van der Waals surface area contributed by atoms with Crippen molar-refractivity contribution in [2.24, 2.45) is 0 Å². The van der Waals surface area contributed by atoms with E-state index in [1.165, 1.54) is 18.5 Å². The number of carboxylic acid groups (broad SMARTS) is 1. The van der Waals surface area contributed by atoms with Gasteiger partial charge in [0.15, 0.2) is 0 Å². The second-order valence-electron chi connectivity index (χ2n) is 4.39. The van der Waals surface area contributed by atoms with Gasteiger partial charge in [-0.15, -0.1) is 0 Å². The molecule has 110 valence electrons. The number of anilines is 1. The van der Waals surface area contributed by atoms with Crippen LogP contribution in [0.1, 0.15) is 19.3 Å². The number of rotatable bonds is 4. The second kappa shape index (κ2) is 5.94. The fourth-order valence-corrected chi connectivity index (χ4v) is 3.88. The first-order valence-corrected chi connectivity index (χ1v) is 7.79. The third-order valence-corrected chi connectivity index (χ3v) is 5.45. The molecule has 1 aliphatic heterocycles. The molecule has 1 fully saturated rings. The predicted octanol–water partition coefficient (Wildman–Crippen LogP) is 1.23. The Bertz CT molecular complexity index is 581. The summed E-state index contributed by atoms with van der Waals surface area (Å²) in [6.07, 6.45) is 4.36. The van der Waals surface area contributed by atoms with Crippen LogP contribution in [0, 0.1) is 0 Å². The summed E-state index contributed by atoms with van der Waals surface area (Å²) >= 11 is 5.87. The molecule has 1 aromatic rings. The summed E-state index contributed by atoms with van der Waals surface area (Å²) < 4.78 is 26.3. The molecule has 1 atom stereocenters. The summed E-state index contributed by atoms with van der Waals surface area (Å²) in [6, 6.07) is 1.95. The zero-order chi connectivity index (χ0) is 14.8. The molecule has 20 heavy (non-hydrogen) atoms. The van der Waals surface area contributed by atoms with E-state index in [0.29, 0.717) is 16.7 Å². The van der Waals surface area contributed by atoms with Crippen LogP contribution in [0.3, 0.4) is 0 Å². The number of halogens is 1. The van der Waals surface area contributed by atoms with E-state index < -0.39 is 22.2 Å². The summed E-state index contributed by atoms with van der Waals surface area (Å²) in [4.78, 5) is 15.0. The van der Waals surface area contributed by atoms with Crippen LogP contribution in [0.15, 0.2) is 24.5 Å². The van der Waals surface area contributed by atoms with Crippen LogP contribution in [0.25, 0.3) is 0 Å². The van der Waals surface area contributed by atoms with Gasteiger partial charge in [-0.1, -0.05) is 0 Å². The minimum Gasteiger partial charge on any atom is -0.480 e. The minimum atomic E-state index is -4.10. The molecule has 1 saturated heterocycles. The molecule has 1 aliphatic rings. The van der Waals surface area contributed by atoms with Crippen LogP contribution >= 0.6 is 11.8 Å². The monoisotopic (exact) mass is 319 g/mol. The molecule has 0 saturated carbocycles. The fourth-order valence-electron chi connectivity index (χ4n) is 2.11. The normalized spacial score (nSPS) is 20.6. The molecule has 1 N–H and O–H groups in total. The van der Waals surface area contributed by atoms with Crippen LogP contribution in [0.5, 0.6) is 0 Å². The molecule has 0 aliphatic carbocycles. The molecule has 9 heteroatoms. The first-order valence-electron chi connectivity index (χ1n) is 6.05. The molecule has 0 amide bonds. The maximum Gasteiger partial charge on any atom is 0.322 e. The highest BCUT2D eigenvalue weighted by Gasteiger charge is 2.40. The summed E-state index contributed by atoms with van der Waals surface area (Å²) in [5.74, 6) is -1.16. The molecule has 0 aromatic carbocycles. The average Bonchev–Trinajstić information content (AvgIpc) is 2.47. The Morgan fingerprint density at radius 2 is 2.25 bits per heavy atom. The Labute approximate surface area is 122 Å². The standard InChI is InChI=1S/C11H14ClN3O4S/c12-15(9-4-3-6-13-8-9)20(18,19)14-7-2-1-5-10(14)11(16)17/h3-4,6,8,10H,1-2,5,7H2,(H,16,17). The predicted molar refractivity (Wildman–Crippen MR) is 73.5 cm³/mol. The van der Waals surface area contributed by atoms with Gasteiger partial charge in [0, 0.05) is 24.5 Å². The summed E-state index contributed by atoms with van der Waals surface area (Å²) in [5, 5.41) is 9.14. The maximum atomic E-state index is 12.4. The summed E-state index contributed by atoms with van der Waals surface area (Å²) in [6.45, 7) is 0.142. The van der Waals surface area contributed by atoms with Gasteiger partial charge in [-0.05, 0) is 31.4 Å². The largest absolute Gasteiger partial charge is 0.480 e. The van der Waals surface area contributed by atoms with E-state index in [4.69, 9.17) is 16.9 Å². The molecular formula is C11H14ClN3O4S. The van der Waals surface area contributed by atoms with Crippen molar-refractivity contribution in [2.45, 2.75) is 25.3 Å². The Morgan fingerprint density at radius 3 is 2.85 bits per heavy atom. The summed E-state index contributed by atoms with van der Waals surface area (Å²) in [7, 11) is -4.10. The van der Waals surface area contributed by atoms with E-state index in [9.17, 15) is 13.2 Å². The zero-order valence-corrected chi connectivity index (χ0v) is 12.1. The number of carboxylic acids is 1. The van der Waals surface area contributed by atoms with Crippen LogP contribution in [-0.4, -0.2) is 41.4 Å². The van der Waals surface area contributed by atoms with Crippen LogP contribution in [0.4, 0.5) is 5.69 Å². The first-order chi connectivity index (χ1) is 9.44. The highest BCUT2D eigenvalue weighted by molar-refractivity contribution is 7.91. The average molecular weight is 320 g/mol. The number of aromatic nitrogens is 1. The number of aliphatic carboxylic acids is 1. The number of nitrogens with zero attached hydrogens (tertiary/aromatic N) is 3. The SMILES string of the molecule is O=C(O)C1CCCCN1S(=O)(=O)N(Cl)c1cccnc1. The Hall–Kier alpha value is -1.38. The van der Waals surface area contributed by atoms with Gasteiger partial charge < -0.3 is 5.11 Å². The van der Waals surface area contributed by atoms with Crippen molar-refractivity contribution in [3.8, 4) is 0 Å². The Morgan fingerprint density at radius 1 is 1.50 bits per heavy atom. The highest BCUT2D eigenvalue weighted by atomic mass is 35.5. The van der Waals surface area contributed by atoms with Crippen molar-refractivity contribution in [1.82, 2.24) is 9.29 Å². The van der Waals surface area contributed by atoms with Crippen molar-refractivity contribution >= 4 is 33.6 Å². The molecule has 1 aromatic heterocycles. The number of carbonyl (C=O) groups is 1. The smallest absolute Gasteiger partial charge is 0.322 e. The lowest BCUT2D eigenvalue weighted by molar-refractivity contribution is -0.142. The van der Waals surface area contributed by atoms with Gasteiger partial charge in [0.25, 0.3) is 0 Å². The Balaban J connectivity index is 2.31. The van der Waals surface area contributed by atoms with Crippen molar-refractivity contribution in [3.63, 3.8) is 0 Å². The Kier molecular flexibility index (Phi) is 4.46. The van der Waals surface area contributed by atoms with Crippen molar-refractivity contribution in [2.75, 3.05) is 10.4 Å². The van der Waals surface area contributed by atoms with Crippen LogP contribution < -0.4 is 3.82 Å². The molecule has 0 bridgehead atoms. The van der Waals surface area contributed by atoms with Crippen molar-refractivity contribution < 1.29 is 18.3 Å². The lowest BCUT2D eigenvalue weighted by Gasteiger charge is -2.33. The third-order valence-electron chi connectivity index (χ3n) is 3.09. The molecule has 2 heterocycles. The molecular weight excluding hydrogens is 306 g/mol. The van der Waals surface area contributed by atoms with Gasteiger partial charge in [0.05, 0.1) is 11.9 Å². The number of piperidine rings is 1. The quantitative estimate of drug-likeness (QED) is 0.843. The number of hydrogen-bond donors (Lipinski definition) is 1. The topological polar surface area (TPSA) is 90.8 Å². The van der Waals surface area contributed by atoms with E-state index in [-0.39, 0.29) is 18.7 Å². The third kappa shape index (κ3) is 2.87. The van der Waals surface area contributed by atoms with Gasteiger partial charge in [0.1, 0.15) is 6.04 Å². The van der Waals surface area contributed by atoms with Gasteiger partial charge >= 0.3 is 16.2 Å². The van der Waals surface area contributed by atoms with Gasteiger partial charge in [-0.3, -0.25) is 9.78 Å². The molecule has 1 unspecified atom stereocenters. The zero-order valence-electron chi connectivity index (χ0n) is 10.5. The lowest BCUT2D eigenvalue weighted by Crippen LogP contribution is -2.51. The van der Waals surface area contributed by atoms with E-state index in [1.54, 1.807) is 6.07 Å². The first kappa shape index (κ1) is 15.0. The van der Waals surface area contributed by atoms with Crippen molar-refractivity contribution in [1.29, 1.82) is 0 Å². The van der Waals surface area contributed by atoms with Gasteiger partial charge in [0.2, 0.25) is 0 Å². The fraction of sp³-hybridized carbons (Fsp3) is 0.455. The number of pyridine rings is 1. The van der Waals surface area contributed by atoms with E-state index in [1.807, 2.05) is 0 Å². The second-order valence-corrected chi connectivity index (χ2v) is 6.66. The maximum absolute atomic E-state index is 12.4. The molecule has 0 radical (unpaired) electrons. The highest BCUT2D eigenvalue weighted by Crippen LogP contribution is 2.27. The van der Waals surface area contributed by atoms with Gasteiger partial charge in [-0.2, -0.15) is 16.5 Å². The van der Waals surface area contributed by atoms with E-state index in [0.717, 1.165) is 4.31 Å². The minimum absolute atomic E-state index is 0.142. The molecule has 2 rings (SSSR count). The summed E-state index contributed by atoms with van der Waals surface area (Å²) in [5.41, 5.74) is 0.170. The van der Waals surface area contributed by atoms with Gasteiger partial charge in [-0.25, -0.2) is 0 Å². The van der Waals surface area contributed by atoms with E-state index in [2.05, 4.69) is 4.98 Å². The molecule has 0 spiro atoms. The van der Waals surface area contributed by atoms with Crippen LogP contribution in [0.2, 0.25) is 0 Å². The number of hydrogen-bond acceptors (Lipinski definition) is 4.